The Morgan fingerprint density at radius 1 is 0.714 bits per heavy atom. The summed E-state index contributed by atoms with van der Waals surface area (Å²) in [5.74, 6) is -6.43. The number of phenolic OH excluding ortho intramolecular Hbond substituents is 1. The Kier molecular flexibility index (Phi) is 26.4. The number of aliphatic hydroxyl groups is 7. The Morgan fingerprint density at radius 3 is 1.97 bits per heavy atom. The minimum Gasteiger partial charge on any atom is -0.508 e. The topological polar surface area (TPSA) is 412 Å². The second-order valence-electron chi connectivity index (χ2n) is 21.3. The molecule has 3 saturated heterocycles. The van der Waals surface area contributed by atoms with Gasteiger partial charge in [0.2, 0.25) is 41.4 Å². The predicted octanol–water partition coefficient (Wildman–Crippen LogP) is -3.31. The minimum absolute atomic E-state index is 0.0257. The third-order valence-corrected chi connectivity index (χ3v) is 14.9. The second-order valence-corrected chi connectivity index (χ2v) is 21.3. The highest BCUT2D eigenvalue weighted by Crippen LogP contribution is 2.27. The molecule has 0 saturated carbocycles. The van der Waals surface area contributed by atoms with E-state index >= 15 is 0 Å². The summed E-state index contributed by atoms with van der Waals surface area (Å²) in [7, 11) is 0. The summed E-state index contributed by atoms with van der Waals surface area (Å²) in [6.45, 7) is 6.73. The Bertz CT molecular complexity index is 2070. The van der Waals surface area contributed by atoms with Gasteiger partial charge in [0.05, 0.1) is 30.5 Å². The highest BCUT2D eigenvalue weighted by molar-refractivity contribution is 5.98. The van der Waals surface area contributed by atoms with Crippen LogP contribution in [0.3, 0.4) is 0 Å². The molecule has 0 aliphatic carbocycles. The highest BCUT2D eigenvalue weighted by Gasteiger charge is 2.49. The van der Waals surface area contributed by atoms with Crippen LogP contribution in [0.5, 0.6) is 5.75 Å². The molecule has 25 nitrogen and oxygen atoms in total. The van der Waals surface area contributed by atoms with Crippen LogP contribution in [-0.4, -0.2) is 204 Å². The number of nitrogens with one attached hydrogen (secondary N) is 6. The van der Waals surface area contributed by atoms with E-state index in [1.807, 2.05) is 0 Å². The lowest BCUT2D eigenvalue weighted by molar-refractivity contribution is -0.148. The SMILES string of the molecule is CCC(C)CC(C)CCCCCCCCC(=O)N[C@H]1C[C@@H](O)[C@H](NCCN)NC(=O)[C@@H]2[C@@H](O)CCN2C(=O)[C@H]([C@H](O)CCN)NC(=O)C([C@H](O)[C@@H](O)c2ccc(O)cc2)NC(=O)[C@@H]2C[C@@H](O)CN2C(=O)C([C@@H](C)O)NC1=O. The number of nitrogens with zero attached hydrogens (tertiary/aromatic N) is 2. The zero-order chi connectivity index (χ0) is 57.1. The first-order chi connectivity index (χ1) is 36.5. The number of carbonyl (C=O) groups excluding carboxylic acids is 7. The highest BCUT2D eigenvalue weighted by atomic mass is 16.3. The van der Waals surface area contributed by atoms with E-state index < -0.39 is 146 Å². The Balaban J connectivity index is 1.73. The van der Waals surface area contributed by atoms with Gasteiger partial charge in [0.25, 0.3) is 0 Å². The number of aliphatic hydroxyl groups excluding tert-OH is 7. The lowest BCUT2D eigenvalue weighted by Gasteiger charge is -2.35. The third kappa shape index (κ3) is 18.8. The summed E-state index contributed by atoms with van der Waals surface area (Å²) in [5, 5.41) is 104. The number of phenols is 1. The molecular formula is C52H88N10O15. The van der Waals surface area contributed by atoms with Gasteiger partial charge in [0.15, 0.2) is 0 Å². The van der Waals surface area contributed by atoms with Crippen molar-refractivity contribution in [2.24, 2.45) is 23.3 Å². The smallest absolute Gasteiger partial charge is 0.248 e. The van der Waals surface area contributed by atoms with Gasteiger partial charge < -0.3 is 88.7 Å². The first-order valence-corrected chi connectivity index (χ1v) is 27.3. The van der Waals surface area contributed by atoms with E-state index in [2.05, 4.69) is 52.7 Å². The van der Waals surface area contributed by atoms with E-state index in [-0.39, 0.29) is 56.8 Å². The van der Waals surface area contributed by atoms with Crippen molar-refractivity contribution < 1.29 is 74.4 Å². The van der Waals surface area contributed by atoms with E-state index in [4.69, 9.17) is 11.5 Å². The van der Waals surface area contributed by atoms with Crippen LogP contribution in [0.1, 0.15) is 129 Å². The number of unbranched alkanes of at least 4 members (excludes halogenated alkanes) is 5. The molecule has 0 bridgehead atoms. The summed E-state index contributed by atoms with van der Waals surface area (Å²) < 4.78 is 0. The molecule has 3 aliphatic heterocycles. The van der Waals surface area contributed by atoms with Crippen molar-refractivity contribution in [3.63, 3.8) is 0 Å². The average Bonchev–Trinajstić information content (AvgIpc) is 3.99. The lowest BCUT2D eigenvalue weighted by atomic mass is 9.91. The average molecular weight is 1090 g/mol. The Labute approximate surface area is 450 Å². The molecule has 3 fully saturated rings. The fraction of sp³-hybridized carbons (Fsp3) is 0.750. The number of carbonyl (C=O) groups is 7. The van der Waals surface area contributed by atoms with Gasteiger partial charge in [-0.25, -0.2) is 0 Å². The molecular weight excluding hydrogens is 1000 g/mol. The Morgan fingerprint density at radius 2 is 1.34 bits per heavy atom. The van der Waals surface area contributed by atoms with Gasteiger partial charge in [0, 0.05) is 45.4 Å². The van der Waals surface area contributed by atoms with Crippen LogP contribution in [0.25, 0.3) is 0 Å². The van der Waals surface area contributed by atoms with Crippen LogP contribution >= 0.6 is 0 Å². The molecule has 16 atom stereocenters. The molecule has 1 aromatic rings. The molecule has 77 heavy (non-hydrogen) atoms. The standard InChI is InChI=1S/C52H88N10O15/c1-5-28(2)24-29(3)12-10-8-6-7-9-11-13-39(69)56-34-26-38(68)46(55-22-21-54)60-50(75)43-37(67)19-23-61(43)52(77)41(36(66)18-20-53)58-49(74)42(45(71)44(70)31-14-16-32(64)17-15-31)59-48(73)35-25-33(65)27-62(35)51(76)40(30(4)63)57-47(34)72/h14-17,28-30,33-38,40-46,55,63-68,70-71H,5-13,18-27,53-54H2,1-4H3,(H,56,69)(H,57,72)(H,58,74)(H,59,73)(H,60,75)/t28?,29?,30-,33-,34+,35+,36-,37+,38-,40?,41+,42?,43+,44+,45+,46-/m1/s1. The maximum Gasteiger partial charge on any atom is 0.248 e. The van der Waals surface area contributed by atoms with Crippen molar-refractivity contribution in [3.05, 3.63) is 29.8 Å². The van der Waals surface area contributed by atoms with E-state index in [0.717, 1.165) is 55.2 Å². The van der Waals surface area contributed by atoms with Gasteiger partial charge in [-0.2, -0.15) is 0 Å². The first-order valence-electron chi connectivity index (χ1n) is 27.3. The van der Waals surface area contributed by atoms with Crippen molar-refractivity contribution in [2.45, 2.75) is 203 Å². The molecule has 3 aliphatic rings. The molecule has 25 heteroatoms. The van der Waals surface area contributed by atoms with Crippen LogP contribution in [0.4, 0.5) is 0 Å². The maximum atomic E-state index is 14.6. The molecule has 436 valence electrons. The fourth-order valence-corrected chi connectivity index (χ4v) is 10.2. The van der Waals surface area contributed by atoms with Crippen molar-refractivity contribution in [3.8, 4) is 5.75 Å². The molecule has 18 N–H and O–H groups in total. The number of hydrogen-bond acceptors (Lipinski definition) is 18. The monoisotopic (exact) mass is 1090 g/mol. The molecule has 0 aromatic heterocycles. The molecule has 3 heterocycles. The number of rotatable bonds is 23. The van der Waals surface area contributed by atoms with E-state index in [9.17, 15) is 74.4 Å². The van der Waals surface area contributed by atoms with Gasteiger partial charge in [-0.1, -0.05) is 77.8 Å². The molecule has 4 unspecified atom stereocenters. The number of hydrogen-bond donors (Lipinski definition) is 16. The summed E-state index contributed by atoms with van der Waals surface area (Å²) in [6, 6.07) is -6.40. The molecule has 0 radical (unpaired) electrons. The van der Waals surface area contributed by atoms with E-state index in [1.54, 1.807) is 0 Å². The van der Waals surface area contributed by atoms with Gasteiger partial charge in [0.1, 0.15) is 60.4 Å². The number of aromatic hydroxyl groups is 1. The Hall–Kier alpha value is -5.09. The maximum absolute atomic E-state index is 14.6. The second kappa shape index (κ2) is 31.5. The zero-order valence-electron chi connectivity index (χ0n) is 45.0. The number of nitrogens with two attached hydrogens (primary N) is 2. The number of fused-ring (bicyclic) bond motifs is 2. The minimum atomic E-state index is -2.28. The molecule has 0 spiro atoms. The van der Waals surface area contributed by atoms with Crippen molar-refractivity contribution >= 4 is 41.4 Å². The van der Waals surface area contributed by atoms with Gasteiger partial charge >= 0.3 is 0 Å². The molecule has 1 aromatic carbocycles. The van der Waals surface area contributed by atoms with Gasteiger partial charge in [-0.05, 0) is 68.7 Å². The normalized spacial score (nSPS) is 28.6. The van der Waals surface area contributed by atoms with Crippen molar-refractivity contribution in [2.75, 3.05) is 32.7 Å². The quantitative estimate of drug-likeness (QED) is 0.0477. The van der Waals surface area contributed by atoms with E-state index in [1.165, 1.54) is 30.7 Å². The van der Waals surface area contributed by atoms with Crippen LogP contribution in [0.2, 0.25) is 0 Å². The number of benzene rings is 1. The summed E-state index contributed by atoms with van der Waals surface area (Å²) in [6.07, 6.45) is -6.95. The largest absolute Gasteiger partial charge is 0.508 e. The van der Waals surface area contributed by atoms with Crippen LogP contribution in [0, 0.1) is 11.8 Å². The van der Waals surface area contributed by atoms with Crippen molar-refractivity contribution in [1.82, 2.24) is 41.7 Å². The van der Waals surface area contributed by atoms with E-state index in [0.29, 0.717) is 24.7 Å². The number of amides is 7. The van der Waals surface area contributed by atoms with Gasteiger partial charge in [-0.15, -0.1) is 0 Å². The summed E-state index contributed by atoms with van der Waals surface area (Å²) in [4.78, 5) is 102. The zero-order valence-corrected chi connectivity index (χ0v) is 45.0. The fourth-order valence-electron chi connectivity index (χ4n) is 10.2. The lowest BCUT2D eigenvalue weighted by Crippen LogP contribution is -2.65. The molecule has 7 amide bonds. The van der Waals surface area contributed by atoms with Crippen LogP contribution in [-0.2, 0) is 33.6 Å². The van der Waals surface area contributed by atoms with Crippen LogP contribution in [0.15, 0.2) is 24.3 Å². The molecule has 4 rings (SSSR count). The third-order valence-electron chi connectivity index (χ3n) is 14.9. The summed E-state index contributed by atoms with van der Waals surface area (Å²) >= 11 is 0. The van der Waals surface area contributed by atoms with Crippen LogP contribution < -0.4 is 43.4 Å². The predicted molar refractivity (Wildman–Crippen MR) is 280 cm³/mol. The van der Waals surface area contributed by atoms with Crippen molar-refractivity contribution in [1.29, 1.82) is 0 Å². The summed E-state index contributed by atoms with van der Waals surface area (Å²) in [5.41, 5.74) is 11.5. The van der Waals surface area contributed by atoms with Gasteiger partial charge in [-0.3, -0.25) is 38.9 Å². The first kappa shape index (κ1) is 64.4.